The van der Waals surface area contributed by atoms with Crippen LogP contribution in [0.15, 0.2) is 24.5 Å². The molecule has 4 atom stereocenters. The van der Waals surface area contributed by atoms with Crippen LogP contribution in [0.5, 0.6) is 0 Å². The molecule has 0 saturated carbocycles. The van der Waals surface area contributed by atoms with Gasteiger partial charge in [-0.2, -0.15) is 0 Å². The van der Waals surface area contributed by atoms with Crippen LogP contribution in [0.25, 0.3) is 0 Å². The molecule has 1 aromatic heterocycles. The highest BCUT2D eigenvalue weighted by atomic mass is 31.2. The number of hydrogen-bond acceptors (Lipinski definition) is 5. The number of nitrogens with zero attached hydrogens (tertiary/aromatic N) is 1. The van der Waals surface area contributed by atoms with E-state index in [9.17, 15) is 34.1 Å². The SMILES string of the molecule is CC(C(=O)O)C(c1cccnc1)P(=O)(O)CC(CCC(=O)O)C(=O)O. The zero-order valence-corrected chi connectivity index (χ0v) is 14.4. The van der Waals surface area contributed by atoms with Crippen LogP contribution >= 0.6 is 7.37 Å². The predicted molar refractivity (Wildman–Crippen MR) is 86.5 cm³/mol. The third-order valence-electron chi connectivity index (χ3n) is 3.86. The van der Waals surface area contributed by atoms with Gasteiger partial charge in [-0.25, -0.2) is 0 Å². The Labute approximate surface area is 143 Å². The first-order valence-corrected chi connectivity index (χ1v) is 9.36. The van der Waals surface area contributed by atoms with Crippen LogP contribution in [0.2, 0.25) is 0 Å². The van der Waals surface area contributed by atoms with E-state index < -0.39 is 55.4 Å². The van der Waals surface area contributed by atoms with Crippen molar-refractivity contribution in [2.45, 2.75) is 25.4 Å². The molecule has 138 valence electrons. The molecule has 0 aliphatic heterocycles. The highest BCUT2D eigenvalue weighted by Gasteiger charge is 2.42. The molecule has 0 bridgehead atoms. The van der Waals surface area contributed by atoms with Crippen molar-refractivity contribution < 1.29 is 39.2 Å². The molecule has 0 radical (unpaired) electrons. The summed E-state index contributed by atoms with van der Waals surface area (Å²) in [5, 5.41) is 27.1. The van der Waals surface area contributed by atoms with Gasteiger partial charge in [0.05, 0.1) is 17.5 Å². The minimum absolute atomic E-state index is 0.214. The Balaban J connectivity index is 3.17. The molecular weight excluding hydrogens is 353 g/mol. The van der Waals surface area contributed by atoms with Crippen molar-refractivity contribution in [1.82, 2.24) is 4.98 Å². The van der Waals surface area contributed by atoms with Gasteiger partial charge >= 0.3 is 17.9 Å². The quantitative estimate of drug-likeness (QED) is 0.447. The number of carboxylic acid groups (broad SMARTS) is 3. The second kappa shape index (κ2) is 8.73. The number of aliphatic carboxylic acids is 3. The smallest absolute Gasteiger partial charge is 0.307 e. The van der Waals surface area contributed by atoms with Gasteiger partial charge in [0.15, 0.2) is 0 Å². The number of carboxylic acids is 3. The minimum Gasteiger partial charge on any atom is -0.481 e. The molecular formula is C15H20NO8P. The van der Waals surface area contributed by atoms with Gasteiger partial charge in [0.2, 0.25) is 7.37 Å². The highest BCUT2D eigenvalue weighted by Crippen LogP contribution is 2.60. The second-order valence-corrected chi connectivity index (χ2v) is 8.20. The lowest BCUT2D eigenvalue weighted by molar-refractivity contribution is -0.142. The third kappa shape index (κ3) is 5.95. The van der Waals surface area contributed by atoms with E-state index in [4.69, 9.17) is 5.11 Å². The number of hydrogen-bond donors (Lipinski definition) is 4. The standard InChI is InChI=1S/C15H20NO8P/c1-9(14(19)20)13(10-3-2-6-16-7-10)25(23,24)8-11(15(21)22)4-5-12(17)18/h2-3,6-7,9,11,13H,4-5,8H2,1H3,(H,17,18)(H,19,20)(H,21,22)(H,23,24). The van der Waals surface area contributed by atoms with Crippen molar-refractivity contribution in [1.29, 1.82) is 0 Å². The molecule has 4 N–H and O–H groups in total. The second-order valence-electron chi connectivity index (χ2n) is 5.76. The Morgan fingerprint density at radius 3 is 2.28 bits per heavy atom. The first kappa shape index (κ1) is 20.8. The topological polar surface area (TPSA) is 162 Å². The average Bonchev–Trinajstić information content (AvgIpc) is 2.51. The first-order valence-electron chi connectivity index (χ1n) is 7.45. The van der Waals surface area contributed by atoms with Gasteiger partial charge < -0.3 is 20.2 Å². The lowest BCUT2D eigenvalue weighted by Crippen LogP contribution is -2.25. The van der Waals surface area contributed by atoms with Crippen molar-refractivity contribution in [2.24, 2.45) is 11.8 Å². The fourth-order valence-corrected chi connectivity index (χ4v) is 5.22. The molecule has 0 aliphatic rings. The number of carbonyl (C=O) groups is 3. The Morgan fingerprint density at radius 2 is 1.84 bits per heavy atom. The molecule has 0 spiro atoms. The Morgan fingerprint density at radius 1 is 1.20 bits per heavy atom. The van der Waals surface area contributed by atoms with Gasteiger partial charge in [-0.3, -0.25) is 23.9 Å². The summed E-state index contributed by atoms with van der Waals surface area (Å²) in [5.74, 6) is -6.55. The summed E-state index contributed by atoms with van der Waals surface area (Å²) in [6.45, 7) is 1.26. The summed E-state index contributed by atoms with van der Waals surface area (Å²) >= 11 is 0. The van der Waals surface area contributed by atoms with E-state index in [1.54, 1.807) is 0 Å². The average molecular weight is 373 g/mol. The molecule has 25 heavy (non-hydrogen) atoms. The molecule has 1 aromatic rings. The van der Waals surface area contributed by atoms with E-state index in [0.29, 0.717) is 0 Å². The number of rotatable bonds is 10. The van der Waals surface area contributed by atoms with E-state index in [0.717, 1.165) is 0 Å². The van der Waals surface area contributed by atoms with Gasteiger partial charge in [0.1, 0.15) is 0 Å². The Hall–Kier alpha value is -2.25. The lowest BCUT2D eigenvalue weighted by atomic mass is 10.0. The minimum atomic E-state index is -4.30. The van der Waals surface area contributed by atoms with Crippen LogP contribution in [-0.4, -0.2) is 49.3 Å². The molecule has 0 saturated heterocycles. The normalized spacial score (nSPS) is 17.0. The monoisotopic (exact) mass is 373 g/mol. The summed E-state index contributed by atoms with van der Waals surface area (Å²) in [5.41, 5.74) is -1.13. The molecule has 0 aromatic carbocycles. The maximum absolute atomic E-state index is 12.9. The van der Waals surface area contributed by atoms with E-state index in [1.807, 2.05) is 0 Å². The molecule has 9 nitrogen and oxygen atoms in total. The summed E-state index contributed by atoms with van der Waals surface area (Å²) in [6.07, 6.45) is 1.17. The van der Waals surface area contributed by atoms with Gasteiger partial charge in [-0.1, -0.05) is 13.0 Å². The molecule has 1 rings (SSSR count). The fourth-order valence-electron chi connectivity index (χ4n) is 2.58. The van der Waals surface area contributed by atoms with Crippen LogP contribution in [0.4, 0.5) is 0 Å². The third-order valence-corrected chi connectivity index (χ3v) is 6.44. The van der Waals surface area contributed by atoms with Crippen molar-refractivity contribution in [2.75, 3.05) is 6.16 Å². The predicted octanol–water partition coefficient (Wildman–Crippen LogP) is 1.68. The summed E-state index contributed by atoms with van der Waals surface area (Å²) < 4.78 is 12.9. The van der Waals surface area contributed by atoms with Crippen LogP contribution in [-0.2, 0) is 18.9 Å². The Bertz CT molecular complexity index is 677. The summed E-state index contributed by atoms with van der Waals surface area (Å²) in [6, 6.07) is 2.93. The maximum atomic E-state index is 12.9. The highest BCUT2D eigenvalue weighted by molar-refractivity contribution is 7.58. The van der Waals surface area contributed by atoms with Gasteiger partial charge in [-0.05, 0) is 18.1 Å². The van der Waals surface area contributed by atoms with E-state index in [1.165, 1.54) is 31.5 Å². The van der Waals surface area contributed by atoms with Gasteiger partial charge in [0.25, 0.3) is 0 Å². The molecule has 0 fully saturated rings. The molecule has 0 amide bonds. The van der Waals surface area contributed by atoms with Crippen molar-refractivity contribution in [3.05, 3.63) is 30.1 Å². The van der Waals surface area contributed by atoms with E-state index in [-0.39, 0.29) is 12.0 Å². The van der Waals surface area contributed by atoms with Crippen molar-refractivity contribution in [3.8, 4) is 0 Å². The van der Waals surface area contributed by atoms with Crippen molar-refractivity contribution in [3.63, 3.8) is 0 Å². The fraction of sp³-hybridized carbons (Fsp3) is 0.467. The van der Waals surface area contributed by atoms with Crippen LogP contribution in [0.3, 0.4) is 0 Å². The summed E-state index contributed by atoms with van der Waals surface area (Å²) in [7, 11) is -4.30. The number of pyridine rings is 1. The van der Waals surface area contributed by atoms with Crippen LogP contribution < -0.4 is 0 Å². The van der Waals surface area contributed by atoms with Crippen molar-refractivity contribution >= 4 is 25.3 Å². The Kier molecular flexibility index (Phi) is 7.26. The maximum Gasteiger partial charge on any atom is 0.307 e. The zero-order valence-electron chi connectivity index (χ0n) is 13.5. The van der Waals surface area contributed by atoms with Gasteiger partial charge in [-0.15, -0.1) is 0 Å². The zero-order chi connectivity index (χ0) is 19.2. The van der Waals surface area contributed by atoms with E-state index >= 15 is 0 Å². The molecule has 0 aliphatic carbocycles. The summed E-state index contributed by atoms with van der Waals surface area (Å²) in [4.78, 5) is 47.6. The lowest BCUT2D eigenvalue weighted by Gasteiger charge is -2.28. The van der Waals surface area contributed by atoms with E-state index in [2.05, 4.69) is 4.98 Å². The van der Waals surface area contributed by atoms with Crippen LogP contribution in [0, 0.1) is 11.8 Å². The molecule has 1 heterocycles. The largest absolute Gasteiger partial charge is 0.481 e. The molecule has 4 unspecified atom stereocenters. The van der Waals surface area contributed by atoms with Gasteiger partial charge in [0, 0.05) is 25.0 Å². The molecule has 10 heteroatoms. The van der Waals surface area contributed by atoms with Crippen LogP contribution in [0.1, 0.15) is 31.0 Å². The number of aromatic nitrogens is 1. The first-order chi connectivity index (χ1) is 11.6.